The molecule has 2 rings (SSSR count). The van der Waals surface area contributed by atoms with Crippen molar-refractivity contribution >= 4 is 11.9 Å². The number of nitrogens with zero attached hydrogens (tertiary/aromatic N) is 1. The van der Waals surface area contributed by atoms with E-state index in [9.17, 15) is 9.59 Å². The number of carbonyl (C=O) groups is 2. The topological polar surface area (TPSA) is 73.5 Å². The Morgan fingerprint density at radius 2 is 2.00 bits per heavy atom. The molecule has 0 aromatic carbocycles. The lowest BCUT2D eigenvalue weighted by Crippen LogP contribution is -2.42. The molecule has 2 saturated heterocycles. The molecule has 6 heteroatoms. The van der Waals surface area contributed by atoms with Crippen molar-refractivity contribution in [2.45, 2.75) is 45.1 Å². The van der Waals surface area contributed by atoms with Crippen LogP contribution < -0.4 is 16.0 Å². The van der Waals surface area contributed by atoms with Crippen molar-refractivity contribution in [2.75, 3.05) is 32.7 Å². The summed E-state index contributed by atoms with van der Waals surface area (Å²) in [5.41, 5.74) is 0. The summed E-state index contributed by atoms with van der Waals surface area (Å²) < 4.78 is 0. The van der Waals surface area contributed by atoms with Crippen LogP contribution >= 0.6 is 0 Å². The molecule has 0 saturated carbocycles. The first-order valence-electron chi connectivity index (χ1n) is 8.22. The second-order valence-electron chi connectivity index (χ2n) is 6.07. The van der Waals surface area contributed by atoms with E-state index >= 15 is 0 Å². The number of nitrogens with one attached hydrogen (secondary N) is 3. The van der Waals surface area contributed by atoms with Crippen LogP contribution in [0.2, 0.25) is 0 Å². The minimum atomic E-state index is -0.0241. The third-order valence-electron chi connectivity index (χ3n) is 4.41. The molecule has 0 aromatic heterocycles. The number of carbonyl (C=O) groups excluding carboxylic acids is 2. The van der Waals surface area contributed by atoms with Crippen molar-refractivity contribution in [3.05, 3.63) is 0 Å². The van der Waals surface area contributed by atoms with Crippen molar-refractivity contribution in [2.24, 2.45) is 5.92 Å². The first kappa shape index (κ1) is 16.1. The minimum absolute atomic E-state index is 0.0241. The molecule has 0 bridgehead atoms. The standard InChI is InChI=1S/C15H28N4O2/c1-2-17-15(21)19-10-7-13(11-19)18-14(20)4-3-12-5-8-16-9-6-12/h12-13,16H,2-11H2,1H3,(H,17,21)(H,18,20). The number of hydrogen-bond acceptors (Lipinski definition) is 3. The van der Waals surface area contributed by atoms with Gasteiger partial charge in [0.2, 0.25) is 5.91 Å². The monoisotopic (exact) mass is 296 g/mol. The van der Waals surface area contributed by atoms with Crippen LogP contribution in [-0.4, -0.2) is 55.6 Å². The maximum atomic E-state index is 12.0. The molecule has 120 valence electrons. The Morgan fingerprint density at radius 1 is 1.24 bits per heavy atom. The van der Waals surface area contributed by atoms with Crippen LogP contribution in [0, 0.1) is 5.92 Å². The van der Waals surface area contributed by atoms with Crippen molar-refractivity contribution in [3.8, 4) is 0 Å². The van der Waals surface area contributed by atoms with Crippen LogP contribution in [0.4, 0.5) is 4.79 Å². The quantitative estimate of drug-likeness (QED) is 0.699. The van der Waals surface area contributed by atoms with Gasteiger partial charge in [-0.3, -0.25) is 4.79 Å². The summed E-state index contributed by atoms with van der Waals surface area (Å²) in [5, 5.41) is 9.21. The molecule has 0 radical (unpaired) electrons. The third-order valence-corrected chi connectivity index (χ3v) is 4.41. The van der Waals surface area contributed by atoms with E-state index < -0.39 is 0 Å². The maximum Gasteiger partial charge on any atom is 0.317 e. The SMILES string of the molecule is CCNC(=O)N1CCC(NC(=O)CCC2CCNCC2)C1. The fourth-order valence-electron chi connectivity index (χ4n) is 3.13. The van der Waals surface area contributed by atoms with E-state index in [2.05, 4.69) is 16.0 Å². The number of amides is 3. The minimum Gasteiger partial charge on any atom is -0.352 e. The molecule has 0 spiro atoms. The van der Waals surface area contributed by atoms with Crippen LogP contribution in [0.15, 0.2) is 0 Å². The summed E-state index contributed by atoms with van der Waals surface area (Å²) in [6.45, 7) is 6.07. The molecule has 2 fully saturated rings. The molecule has 0 aliphatic carbocycles. The Hall–Kier alpha value is -1.30. The second-order valence-corrected chi connectivity index (χ2v) is 6.07. The maximum absolute atomic E-state index is 12.0. The van der Waals surface area contributed by atoms with Gasteiger partial charge in [0.15, 0.2) is 0 Å². The van der Waals surface area contributed by atoms with E-state index in [-0.39, 0.29) is 18.0 Å². The molecule has 1 atom stereocenters. The number of piperidine rings is 1. The fourth-order valence-corrected chi connectivity index (χ4v) is 3.13. The molecule has 2 aliphatic rings. The van der Waals surface area contributed by atoms with Gasteiger partial charge in [-0.05, 0) is 51.6 Å². The average Bonchev–Trinajstić information content (AvgIpc) is 2.95. The lowest BCUT2D eigenvalue weighted by Gasteiger charge is -2.22. The zero-order chi connectivity index (χ0) is 15.1. The molecule has 6 nitrogen and oxygen atoms in total. The molecule has 2 heterocycles. The van der Waals surface area contributed by atoms with Crippen molar-refractivity contribution in [1.82, 2.24) is 20.9 Å². The second kappa shape index (κ2) is 8.22. The smallest absolute Gasteiger partial charge is 0.317 e. The van der Waals surface area contributed by atoms with E-state index in [0.29, 0.717) is 25.4 Å². The van der Waals surface area contributed by atoms with Crippen LogP contribution in [0.5, 0.6) is 0 Å². The highest BCUT2D eigenvalue weighted by atomic mass is 16.2. The van der Waals surface area contributed by atoms with Gasteiger partial charge in [-0.15, -0.1) is 0 Å². The zero-order valence-corrected chi connectivity index (χ0v) is 13.0. The van der Waals surface area contributed by atoms with E-state index in [1.165, 1.54) is 12.8 Å². The molecule has 21 heavy (non-hydrogen) atoms. The number of rotatable bonds is 5. The summed E-state index contributed by atoms with van der Waals surface area (Å²) in [6.07, 6.45) is 4.82. The molecule has 3 N–H and O–H groups in total. The first-order chi connectivity index (χ1) is 10.2. The highest BCUT2D eigenvalue weighted by Crippen LogP contribution is 2.18. The normalized spacial score (nSPS) is 23.1. The van der Waals surface area contributed by atoms with Crippen LogP contribution in [0.1, 0.15) is 39.0 Å². The van der Waals surface area contributed by atoms with Crippen molar-refractivity contribution in [3.63, 3.8) is 0 Å². The molecule has 1 unspecified atom stereocenters. The van der Waals surface area contributed by atoms with E-state index in [1.54, 1.807) is 4.90 Å². The lowest BCUT2D eigenvalue weighted by atomic mass is 9.93. The van der Waals surface area contributed by atoms with Crippen LogP contribution in [0.3, 0.4) is 0 Å². The third kappa shape index (κ3) is 5.19. The lowest BCUT2D eigenvalue weighted by molar-refractivity contribution is -0.122. The number of likely N-dealkylation sites (tertiary alicyclic amines) is 1. The van der Waals surface area contributed by atoms with Gasteiger partial charge in [-0.2, -0.15) is 0 Å². The fraction of sp³-hybridized carbons (Fsp3) is 0.867. The predicted octanol–water partition coefficient (Wildman–Crippen LogP) is 0.686. The van der Waals surface area contributed by atoms with Gasteiger partial charge < -0.3 is 20.9 Å². The summed E-state index contributed by atoms with van der Waals surface area (Å²) in [4.78, 5) is 25.5. The van der Waals surface area contributed by atoms with Crippen molar-refractivity contribution < 1.29 is 9.59 Å². The van der Waals surface area contributed by atoms with Crippen LogP contribution in [-0.2, 0) is 4.79 Å². The van der Waals surface area contributed by atoms with Gasteiger partial charge in [0.25, 0.3) is 0 Å². The zero-order valence-electron chi connectivity index (χ0n) is 13.0. The summed E-state index contributed by atoms with van der Waals surface area (Å²) in [7, 11) is 0. The Balaban J connectivity index is 1.63. The predicted molar refractivity (Wildman–Crippen MR) is 82.0 cm³/mol. The number of hydrogen-bond donors (Lipinski definition) is 3. The Bertz CT molecular complexity index is 356. The molecular weight excluding hydrogens is 268 g/mol. The molecule has 0 aromatic rings. The Kier molecular flexibility index (Phi) is 6.29. The highest BCUT2D eigenvalue weighted by molar-refractivity contribution is 5.77. The first-order valence-corrected chi connectivity index (χ1v) is 8.22. The van der Waals surface area contributed by atoms with E-state index in [1.807, 2.05) is 6.92 Å². The largest absolute Gasteiger partial charge is 0.352 e. The van der Waals surface area contributed by atoms with Gasteiger partial charge in [-0.1, -0.05) is 0 Å². The van der Waals surface area contributed by atoms with E-state index in [4.69, 9.17) is 0 Å². The highest BCUT2D eigenvalue weighted by Gasteiger charge is 2.27. The summed E-state index contributed by atoms with van der Waals surface area (Å²) >= 11 is 0. The molecule has 2 aliphatic heterocycles. The van der Waals surface area contributed by atoms with E-state index in [0.717, 1.165) is 32.5 Å². The Morgan fingerprint density at radius 3 is 2.71 bits per heavy atom. The van der Waals surface area contributed by atoms with Gasteiger partial charge >= 0.3 is 6.03 Å². The summed E-state index contributed by atoms with van der Waals surface area (Å²) in [5.74, 6) is 0.823. The molecule has 3 amide bonds. The average molecular weight is 296 g/mol. The van der Waals surface area contributed by atoms with Crippen molar-refractivity contribution in [1.29, 1.82) is 0 Å². The van der Waals surface area contributed by atoms with Gasteiger partial charge in [0.1, 0.15) is 0 Å². The summed E-state index contributed by atoms with van der Waals surface area (Å²) in [6, 6.07) is 0.0945. The van der Waals surface area contributed by atoms with Gasteiger partial charge in [0, 0.05) is 32.1 Å². The molecular formula is C15H28N4O2. The van der Waals surface area contributed by atoms with Gasteiger partial charge in [0.05, 0.1) is 0 Å². The Labute approximate surface area is 127 Å². The van der Waals surface area contributed by atoms with Gasteiger partial charge in [-0.25, -0.2) is 4.79 Å². The van der Waals surface area contributed by atoms with Crippen LogP contribution in [0.25, 0.3) is 0 Å². The number of urea groups is 1.